The first kappa shape index (κ1) is 22.8. The molecule has 0 nitrogen and oxygen atoms in total. The quantitative estimate of drug-likeness (QED) is 0.207. The van der Waals surface area contributed by atoms with Crippen LogP contribution >= 0.6 is 0 Å². The lowest BCUT2D eigenvalue weighted by Gasteiger charge is -2.13. The van der Waals surface area contributed by atoms with E-state index in [9.17, 15) is 0 Å². The summed E-state index contributed by atoms with van der Waals surface area (Å²) in [7, 11) is 0. The lowest BCUT2D eigenvalue weighted by atomic mass is 9.91. The van der Waals surface area contributed by atoms with Crippen molar-refractivity contribution in [3.8, 4) is 33.4 Å². The van der Waals surface area contributed by atoms with Gasteiger partial charge in [-0.05, 0) is 107 Å². The molecule has 0 aliphatic heterocycles. The van der Waals surface area contributed by atoms with Crippen LogP contribution in [0.25, 0.3) is 76.5 Å². The maximum Gasteiger partial charge on any atom is 0 e. The van der Waals surface area contributed by atoms with Crippen LogP contribution < -0.4 is 0 Å². The van der Waals surface area contributed by atoms with Gasteiger partial charge in [-0.2, -0.15) is 0 Å². The van der Waals surface area contributed by atoms with Crippen molar-refractivity contribution < 1.29 is 2.85 Å². The summed E-state index contributed by atoms with van der Waals surface area (Å²) in [5.74, 6) is 0. The minimum Gasteiger partial charge on any atom is -0.0616 e. The van der Waals surface area contributed by atoms with Gasteiger partial charge in [0.25, 0.3) is 0 Å². The van der Waals surface area contributed by atoms with Crippen LogP contribution in [-0.2, 0) is 0 Å². The van der Waals surface area contributed by atoms with Gasteiger partial charge in [0.2, 0.25) is 0 Å². The normalized spacial score (nSPS) is 11.5. The van der Waals surface area contributed by atoms with Crippen LogP contribution in [-0.4, -0.2) is 0 Å². The summed E-state index contributed by atoms with van der Waals surface area (Å²) in [4.78, 5) is 0. The molecule has 0 spiro atoms. The lowest BCUT2D eigenvalue weighted by molar-refractivity contribution is 1.62. The van der Waals surface area contributed by atoms with E-state index in [1.165, 1.54) is 76.5 Å². The topological polar surface area (TPSA) is 0 Å². The van der Waals surface area contributed by atoms with E-state index < -0.39 is 0 Å². The Morgan fingerprint density at radius 2 is 0.725 bits per heavy atom. The van der Waals surface area contributed by atoms with Crippen molar-refractivity contribution >= 4 is 43.1 Å². The van der Waals surface area contributed by atoms with Crippen LogP contribution in [0.4, 0.5) is 0 Å². The molecule has 0 amide bonds. The fourth-order valence-electron chi connectivity index (χ4n) is 6.13. The second-order valence-corrected chi connectivity index (χ2v) is 10.6. The highest BCUT2D eigenvalue weighted by Gasteiger charge is 2.10. The summed E-state index contributed by atoms with van der Waals surface area (Å²) in [5, 5.41) is 10.2. The first-order chi connectivity index (χ1) is 19.8. The molecule has 0 atom stereocenters. The van der Waals surface area contributed by atoms with Gasteiger partial charge in [0.15, 0.2) is 0 Å². The number of rotatable bonds is 3. The van der Waals surface area contributed by atoms with E-state index in [-0.39, 0.29) is 2.85 Å². The number of benzene rings is 8. The maximum absolute atomic E-state index is 2.34. The van der Waals surface area contributed by atoms with E-state index in [1.807, 2.05) is 0 Å². The first-order valence-electron chi connectivity index (χ1n) is 13.8. The van der Waals surface area contributed by atoms with Crippen molar-refractivity contribution in [2.24, 2.45) is 0 Å². The summed E-state index contributed by atoms with van der Waals surface area (Å²) in [5.41, 5.74) is 7.48. The van der Waals surface area contributed by atoms with E-state index in [0.29, 0.717) is 0 Å². The Labute approximate surface area is 236 Å². The van der Waals surface area contributed by atoms with E-state index in [1.54, 1.807) is 0 Å². The van der Waals surface area contributed by atoms with Crippen LogP contribution in [0.1, 0.15) is 2.85 Å². The molecule has 0 saturated heterocycles. The Kier molecular flexibility index (Phi) is 5.24. The number of fused-ring (bicyclic) bond motifs is 5. The minimum absolute atomic E-state index is 0. The highest BCUT2D eigenvalue weighted by molar-refractivity contribution is 6.13. The molecule has 0 heteroatoms. The molecule has 190 valence electrons. The fraction of sp³-hybridized carbons (Fsp3) is 0. The predicted molar refractivity (Wildman–Crippen MR) is 177 cm³/mol. The van der Waals surface area contributed by atoms with Crippen LogP contribution in [0, 0.1) is 0 Å². The molecule has 0 radical (unpaired) electrons. The summed E-state index contributed by atoms with van der Waals surface area (Å²) < 4.78 is 0. The third kappa shape index (κ3) is 3.85. The van der Waals surface area contributed by atoms with Gasteiger partial charge in [-0.25, -0.2) is 0 Å². The van der Waals surface area contributed by atoms with Gasteiger partial charge >= 0.3 is 0 Å². The molecule has 0 N–H and O–H groups in total. The predicted octanol–water partition coefficient (Wildman–Crippen LogP) is 11.8. The maximum atomic E-state index is 2.34. The van der Waals surface area contributed by atoms with Crippen molar-refractivity contribution in [2.75, 3.05) is 0 Å². The van der Waals surface area contributed by atoms with Gasteiger partial charge in [-0.15, -0.1) is 0 Å². The van der Waals surface area contributed by atoms with Crippen molar-refractivity contribution in [2.45, 2.75) is 0 Å². The molecule has 0 fully saturated rings. The van der Waals surface area contributed by atoms with Gasteiger partial charge in [0.05, 0.1) is 0 Å². The second-order valence-electron chi connectivity index (χ2n) is 10.6. The summed E-state index contributed by atoms with van der Waals surface area (Å²) in [6.07, 6.45) is 0. The van der Waals surface area contributed by atoms with Gasteiger partial charge in [0.1, 0.15) is 0 Å². The van der Waals surface area contributed by atoms with Crippen LogP contribution in [0.15, 0.2) is 158 Å². The molecule has 0 aliphatic carbocycles. The van der Waals surface area contributed by atoms with Crippen molar-refractivity contribution in [1.82, 2.24) is 0 Å². The van der Waals surface area contributed by atoms with Gasteiger partial charge in [-0.3, -0.25) is 0 Å². The summed E-state index contributed by atoms with van der Waals surface area (Å²) >= 11 is 0. The second kappa shape index (κ2) is 9.22. The first-order valence-corrected chi connectivity index (χ1v) is 13.8. The molecule has 8 aromatic rings. The standard InChI is InChI=1S/C40H26.2H2/c1-2-9-28-22-31(17-16-27(28)8-1)33-21-20-32-23-30(18-19-34(32)24-33)29-11-7-12-35(25-29)40-26-36-10-3-4-13-37(36)38-14-5-6-15-39(38)40;;/h1-26H;2*1H. The molecule has 0 heterocycles. The molecular weight excluding hydrogens is 480 g/mol. The average molecular weight is 511 g/mol. The molecule has 0 bridgehead atoms. The zero-order valence-electron chi connectivity index (χ0n) is 22.0. The Morgan fingerprint density at radius 1 is 0.250 bits per heavy atom. The largest absolute Gasteiger partial charge is 0.0616 e. The van der Waals surface area contributed by atoms with Crippen molar-refractivity contribution in [3.05, 3.63) is 158 Å². The van der Waals surface area contributed by atoms with E-state index in [2.05, 4.69) is 158 Å². The Balaban J connectivity index is 0.00000158. The van der Waals surface area contributed by atoms with Crippen molar-refractivity contribution in [1.29, 1.82) is 0 Å². The highest BCUT2D eigenvalue weighted by atomic mass is 14.1. The van der Waals surface area contributed by atoms with Crippen LogP contribution in [0.2, 0.25) is 0 Å². The van der Waals surface area contributed by atoms with Crippen molar-refractivity contribution in [3.63, 3.8) is 0 Å². The third-order valence-electron chi connectivity index (χ3n) is 8.20. The summed E-state index contributed by atoms with van der Waals surface area (Å²) in [6.45, 7) is 0. The number of hydrogen-bond acceptors (Lipinski definition) is 0. The Bertz CT molecular complexity index is 2230. The molecule has 8 aromatic carbocycles. The molecule has 40 heavy (non-hydrogen) atoms. The SMILES string of the molecule is [HH].[HH].c1cc(-c2ccc3cc(-c4ccc5ccccc5c4)ccc3c2)cc(-c2cc3ccccc3c3ccccc23)c1. The molecule has 0 unspecified atom stereocenters. The fourth-order valence-corrected chi connectivity index (χ4v) is 6.13. The monoisotopic (exact) mass is 510 g/mol. The molecule has 0 aromatic heterocycles. The third-order valence-corrected chi connectivity index (χ3v) is 8.20. The van der Waals surface area contributed by atoms with E-state index >= 15 is 0 Å². The Morgan fingerprint density at radius 3 is 1.43 bits per heavy atom. The molecule has 0 aliphatic rings. The van der Waals surface area contributed by atoms with E-state index in [4.69, 9.17) is 0 Å². The molecule has 8 rings (SSSR count). The van der Waals surface area contributed by atoms with Gasteiger partial charge < -0.3 is 0 Å². The number of hydrogen-bond donors (Lipinski definition) is 0. The lowest BCUT2D eigenvalue weighted by Crippen LogP contribution is -1.86. The Hall–Kier alpha value is -5.20. The smallest absolute Gasteiger partial charge is 0 e. The van der Waals surface area contributed by atoms with Gasteiger partial charge in [0, 0.05) is 2.85 Å². The molecular formula is C40H30. The zero-order chi connectivity index (χ0) is 26.5. The zero-order valence-corrected chi connectivity index (χ0v) is 22.0. The van der Waals surface area contributed by atoms with E-state index in [0.717, 1.165) is 0 Å². The summed E-state index contributed by atoms with van der Waals surface area (Å²) in [6, 6.07) is 57.6. The van der Waals surface area contributed by atoms with Crippen LogP contribution in [0.3, 0.4) is 0 Å². The minimum atomic E-state index is 0. The molecule has 0 saturated carbocycles. The van der Waals surface area contributed by atoms with Crippen LogP contribution in [0.5, 0.6) is 0 Å². The highest BCUT2D eigenvalue weighted by Crippen LogP contribution is 2.37. The van der Waals surface area contributed by atoms with Gasteiger partial charge in [-0.1, -0.05) is 127 Å². The average Bonchev–Trinajstić information content (AvgIpc) is 3.03.